The fraction of sp³-hybridized carbons (Fsp3) is 0. The second-order valence-corrected chi connectivity index (χ2v) is 9.66. The van der Waals surface area contributed by atoms with Gasteiger partial charge in [0, 0.05) is 28.2 Å². The Labute approximate surface area is 250 Å². The van der Waals surface area contributed by atoms with Gasteiger partial charge in [0.2, 0.25) is 0 Å². The van der Waals surface area contributed by atoms with Crippen LogP contribution in [0.1, 0.15) is 28.3 Å². The maximum atomic E-state index is 14.7. The average molecular weight is 586 g/mol. The van der Waals surface area contributed by atoms with Gasteiger partial charge in [-0.15, -0.1) is 0 Å². The van der Waals surface area contributed by atoms with Crippen LogP contribution < -0.4 is 11.5 Å². The van der Waals surface area contributed by atoms with Gasteiger partial charge < -0.3 is 20.4 Å². The van der Waals surface area contributed by atoms with Gasteiger partial charge in [0.15, 0.2) is 0 Å². The molecule has 6 nitrogen and oxygen atoms in total. The molecule has 5 aromatic rings. The molecule has 0 atom stereocenters. The molecule has 0 radical (unpaired) electrons. The molecule has 0 bridgehead atoms. The second kappa shape index (κ2) is 11.8. The predicted octanol–water partition coefficient (Wildman–Crippen LogP) is 5.77. The van der Waals surface area contributed by atoms with Crippen LogP contribution in [0.5, 0.6) is 0 Å². The summed E-state index contributed by atoms with van der Waals surface area (Å²) >= 11 is 0. The predicted molar refractivity (Wildman–Crippen MR) is 168 cm³/mol. The van der Waals surface area contributed by atoms with Crippen molar-refractivity contribution in [2.45, 2.75) is 0 Å². The molecule has 1 aliphatic rings. The van der Waals surface area contributed by atoms with E-state index in [0.717, 1.165) is 0 Å². The van der Waals surface area contributed by atoms with Gasteiger partial charge in [-0.05, 0) is 96.8 Å². The second-order valence-electron chi connectivity index (χ2n) is 9.66. The van der Waals surface area contributed by atoms with Crippen LogP contribution >= 0.6 is 0 Å². The number of hydrogen-bond acceptors (Lipinski definition) is 4. The zero-order valence-electron chi connectivity index (χ0n) is 22.8. The fourth-order valence-electron chi connectivity index (χ4n) is 4.72. The number of allylic oxidation sites excluding steroid dienone is 2. The lowest BCUT2D eigenvalue weighted by atomic mass is 10.0. The molecule has 0 fully saturated rings. The van der Waals surface area contributed by atoms with Gasteiger partial charge in [0.25, 0.3) is 0 Å². The van der Waals surface area contributed by atoms with Crippen LogP contribution in [0.4, 0.5) is 28.6 Å². The third kappa shape index (κ3) is 5.61. The minimum Gasteiger partial charge on any atom is -0.399 e. The van der Waals surface area contributed by atoms with Crippen molar-refractivity contribution in [1.29, 1.82) is 0 Å². The van der Waals surface area contributed by atoms with Gasteiger partial charge in [-0.25, -0.2) is 9.98 Å². The number of aromatic nitrogens is 3. The van der Waals surface area contributed by atoms with E-state index in [4.69, 9.17) is 11.5 Å². The maximum Gasteiger partial charge on any atom is 0.679 e. The number of halogens is 4. The number of imidazole rings is 1. The molecule has 212 valence electrons. The molecule has 3 aromatic carbocycles. The van der Waals surface area contributed by atoms with Crippen LogP contribution in [0.25, 0.3) is 16.6 Å². The van der Waals surface area contributed by atoms with Crippen molar-refractivity contribution in [1.82, 2.24) is 13.9 Å². The van der Waals surface area contributed by atoms with E-state index < -0.39 is 14.8 Å². The summed E-state index contributed by atoms with van der Waals surface area (Å²) in [6.45, 7) is 0. The summed E-state index contributed by atoms with van der Waals surface area (Å²) in [5.41, 5.74) is 14.6. The van der Waals surface area contributed by atoms with Crippen molar-refractivity contribution >= 4 is 48.5 Å². The summed E-state index contributed by atoms with van der Waals surface area (Å²) < 4.78 is 60.1. The third-order valence-corrected chi connectivity index (χ3v) is 6.77. The smallest absolute Gasteiger partial charge is 0.399 e. The van der Waals surface area contributed by atoms with E-state index in [2.05, 4.69) is 33.7 Å². The van der Waals surface area contributed by atoms with Crippen LogP contribution in [0.2, 0.25) is 0 Å². The Morgan fingerprint density at radius 3 is 1.91 bits per heavy atom. The molecule has 0 saturated heterocycles. The number of nitrogens with zero attached hydrogens (tertiary/aromatic N) is 4. The van der Waals surface area contributed by atoms with Crippen molar-refractivity contribution in [2.75, 3.05) is 11.5 Å². The van der Waals surface area contributed by atoms with Gasteiger partial charge in [-0.1, -0.05) is 24.0 Å². The number of benzene rings is 3. The van der Waals surface area contributed by atoms with E-state index in [1.165, 1.54) is 18.2 Å². The fourth-order valence-corrected chi connectivity index (χ4v) is 4.72. The molecular weight excluding hydrogens is 566 g/mol. The molecular formula is C32H20B2F4N6. The first-order valence-corrected chi connectivity index (χ1v) is 13.3. The molecule has 1 aliphatic heterocycles. The third-order valence-electron chi connectivity index (χ3n) is 6.77. The molecule has 0 aliphatic carbocycles. The minimum atomic E-state index is -3.06. The zero-order chi connectivity index (χ0) is 30.8. The molecule has 4 N–H and O–H groups in total. The SMILES string of the molecule is Nc1ccc(C#CC2=N/C(=C(/c3ccc(C#Cc4ccc(N)cc4)n3B(F)F)c3nc4ccccc4n3B(F)F)C=C2)cc1. The molecule has 0 saturated carbocycles. The first-order valence-electron chi connectivity index (χ1n) is 13.3. The van der Waals surface area contributed by atoms with E-state index >= 15 is 0 Å². The Morgan fingerprint density at radius 1 is 0.659 bits per heavy atom. The van der Waals surface area contributed by atoms with E-state index in [1.807, 2.05) is 0 Å². The summed E-state index contributed by atoms with van der Waals surface area (Å²) in [7, 11) is -6.08. The van der Waals surface area contributed by atoms with Crippen molar-refractivity contribution < 1.29 is 17.3 Å². The summed E-state index contributed by atoms with van der Waals surface area (Å²) in [6.07, 6.45) is 3.13. The zero-order valence-corrected chi connectivity index (χ0v) is 22.8. The normalized spacial score (nSPS) is 13.1. The number of fused-ring (bicyclic) bond motifs is 1. The van der Waals surface area contributed by atoms with Gasteiger partial charge >= 0.3 is 14.8 Å². The highest BCUT2D eigenvalue weighted by Crippen LogP contribution is 2.34. The highest BCUT2D eigenvalue weighted by atomic mass is 19.2. The largest absolute Gasteiger partial charge is 0.679 e. The van der Waals surface area contributed by atoms with Gasteiger partial charge in [0.1, 0.15) is 11.5 Å². The van der Waals surface area contributed by atoms with Crippen LogP contribution in [0.15, 0.2) is 108 Å². The number of rotatable bonds is 4. The lowest BCUT2D eigenvalue weighted by molar-refractivity contribution is 0.626. The summed E-state index contributed by atoms with van der Waals surface area (Å²) in [5.74, 6) is 11.3. The maximum absolute atomic E-state index is 14.7. The molecule has 44 heavy (non-hydrogen) atoms. The molecule has 3 heterocycles. The quantitative estimate of drug-likeness (QED) is 0.122. The van der Waals surface area contributed by atoms with Crippen LogP contribution in [0, 0.1) is 23.7 Å². The molecule has 6 rings (SSSR count). The summed E-state index contributed by atoms with van der Waals surface area (Å²) in [5, 5.41) is 0. The van der Waals surface area contributed by atoms with Crippen molar-refractivity contribution in [3.05, 3.63) is 131 Å². The Kier molecular flexibility index (Phi) is 7.57. The number of aliphatic imine (C=N–C) groups is 1. The molecule has 12 heteroatoms. The van der Waals surface area contributed by atoms with Crippen molar-refractivity contribution in [3.63, 3.8) is 0 Å². The van der Waals surface area contributed by atoms with Crippen molar-refractivity contribution in [3.8, 4) is 23.7 Å². The molecule has 0 unspecified atom stereocenters. The highest BCUT2D eigenvalue weighted by Gasteiger charge is 2.33. The van der Waals surface area contributed by atoms with Gasteiger partial charge in [0.05, 0.1) is 28.0 Å². The Morgan fingerprint density at radius 2 is 1.27 bits per heavy atom. The molecule has 0 spiro atoms. The number of anilines is 2. The number of para-hydroxylation sites is 2. The summed E-state index contributed by atoms with van der Waals surface area (Å²) in [6, 6.07) is 22.7. The Hall–Kier alpha value is -5.87. The topological polar surface area (TPSA) is 87.1 Å². The van der Waals surface area contributed by atoms with Gasteiger partial charge in [-0.2, -0.15) is 0 Å². The van der Waals surface area contributed by atoms with Crippen molar-refractivity contribution in [2.24, 2.45) is 4.99 Å². The standard InChI is InChI=1S/C32H20B2F4N6/c35-33(36)43-26(17-10-22-7-13-24(40)14-8-22)18-20-30(43)31(32-42-27-3-1-2-4-29(27)44(32)34(37)38)28-19-16-25(41-28)15-9-21-5-11-23(39)12-6-21/h1-8,11-14,16,18-20H,39-40H2/b31-28-. The van der Waals surface area contributed by atoms with Crippen LogP contribution in [-0.2, 0) is 0 Å². The Balaban J connectivity index is 1.55. The van der Waals surface area contributed by atoms with Crippen LogP contribution in [-0.4, -0.2) is 34.5 Å². The van der Waals surface area contributed by atoms with Crippen LogP contribution in [0.3, 0.4) is 0 Å². The van der Waals surface area contributed by atoms with E-state index in [0.29, 0.717) is 37.2 Å². The lowest BCUT2D eigenvalue weighted by Crippen LogP contribution is -2.21. The lowest BCUT2D eigenvalue weighted by Gasteiger charge is -2.14. The van der Waals surface area contributed by atoms with Gasteiger partial charge in [-0.3, -0.25) is 17.3 Å². The highest BCUT2D eigenvalue weighted by molar-refractivity contribution is 6.43. The first-order chi connectivity index (χ1) is 21.3. The van der Waals surface area contributed by atoms with E-state index in [1.54, 1.807) is 78.9 Å². The summed E-state index contributed by atoms with van der Waals surface area (Å²) in [4.78, 5) is 9.00. The Bertz CT molecular complexity index is 2100. The number of nitrogens with two attached hydrogens (primary N) is 2. The molecule has 2 aromatic heterocycles. The number of hydrogen-bond donors (Lipinski definition) is 2. The monoisotopic (exact) mass is 586 g/mol. The average Bonchev–Trinajstić information content (AvgIpc) is 3.74. The minimum absolute atomic E-state index is 0.0251. The molecule has 0 amide bonds. The van der Waals surface area contributed by atoms with E-state index in [9.17, 15) is 17.3 Å². The number of nitrogen functional groups attached to an aromatic ring is 2. The first kappa shape index (κ1) is 28.3. The van der Waals surface area contributed by atoms with E-state index in [-0.39, 0.29) is 39.5 Å².